The first-order valence-corrected chi connectivity index (χ1v) is 19.0. The number of carboxylic acid groups (broad SMARTS) is 1. The Balaban J connectivity index is 1.08. The SMILES string of the molecule is Cc1c(-c2ccc(N3Cc4c(C(=O)Nc5nc6ccccc6s5)cccc4C(C)(C)C3)nc2C(=O)O)cnn1CC12CC(C)CC(CC(C)C1)C2. The number of aromatic carboxylic acids is 1. The van der Waals surface area contributed by atoms with Gasteiger partial charge in [0.05, 0.1) is 16.4 Å². The fourth-order valence-corrected chi connectivity index (χ4v) is 10.8. The second kappa shape index (κ2) is 12.6. The summed E-state index contributed by atoms with van der Waals surface area (Å²) in [6.07, 6.45) is 8.18. The van der Waals surface area contributed by atoms with E-state index in [1.165, 1.54) is 43.4 Å². The van der Waals surface area contributed by atoms with Crippen molar-refractivity contribution in [2.75, 3.05) is 16.8 Å². The molecule has 2 aliphatic carbocycles. The number of aromatic nitrogens is 4. The predicted octanol–water partition coefficient (Wildman–Crippen LogP) is 8.96. The van der Waals surface area contributed by atoms with Gasteiger partial charge in [0.1, 0.15) is 5.82 Å². The largest absolute Gasteiger partial charge is 0.476 e. The molecule has 3 aliphatic rings. The van der Waals surface area contributed by atoms with Gasteiger partial charge in [0.2, 0.25) is 0 Å². The van der Waals surface area contributed by atoms with Gasteiger partial charge in [0.25, 0.3) is 5.91 Å². The van der Waals surface area contributed by atoms with E-state index in [9.17, 15) is 14.7 Å². The van der Waals surface area contributed by atoms with Crippen LogP contribution in [-0.4, -0.2) is 43.3 Å². The normalized spacial score (nSPS) is 23.9. The van der Waals surface area contributed by atoms with Crippen molar-refractivity contribution in [3.8, 4) is 11.1 Å². The van der Waals surface area contributed by atoms with E-state index < -0.39 is 5.97 Å². The van der Waals surface area contributed by atoms with Crippen molar-refractivity contribution in [3.63, 3.8) is 0 Å². The summed E-state index contributed by atoms with van der Waals surface area (Å²) in [5.74, 6) is 1.51. The zero-order valence-corrected chi connectivity index (χ0v) is 30.9. The van der Waals surface area contributed by atoms with E-state index in [1.807, 2.05) is 54.7 Å². The Morgan fingerprint density at radius 2 is 1.73 bits per heavy atom. The van der Waals surface area contributed by atoms with E-state index in [0.29, 0.717) is 35.2 Å². The standard InChI is InChI=1S/C41H46N6O3S/c1-24-15-27-16-25(2)18-41(17-24,19-27)23-47-26(3)30(20-42-47)28-13-14-35(44-36(28)38(49)50)46-21-31-29(9-8-10-32(31)40(4,5)22-46)37(48)45-39-43-33-11-6-7-12-34(33)51-39/h6-14,20,24-25,27H,15-19,21-23H2,1-5H3,(H,49,50)(H,43,45,48). The van der Waals surface area contributed by atoms with Crippen LogP contribution in [0.3, 0.4) is 0 Å². The Kier molecular flexibility index (Phi) is 8.28. The molecule has 2 saturated carbocycles. The summed E-state index contributed by atoms with van der Waals surface area (Å²) in [7, 11) is 0. The molecule has 0 spiro atoms. The topological polar surface area (TPSA) is 113 Å². The first-order chi connectivity index (χ1) is 24.4. The number of hydrogen-bond donors (Lipinski definition) is 2. The molecule has 2 aromatic carbocycles. The highest BCUT2D eigenvalue weighted by molar-refractivity contribution is 7.22. The van der Waals surface area contributed by atoms with Crippen LogP contribution in [-0.2, 0) is 18.5 Å². The zero-order valence-electron chi connectivity index (χ0n) is 30.1. The number of amides is 1. The number of pyridine rings is 1. The second-order valence-corrected chi connectivity index (χ2v) is 17.4. The molecule has 9 nitrogen and oxygen atoms in total. The molecule has 0 radical (unpaired) electrons. The Hall–Kier alpha value is -4.57. The number of para-hydroxylation sites is 1. The van der Waals surface area contributed by atoms with Crippen LogP contribution in [0.5, 0.6) is 0 Å². The molecule has 264 valence electrons. The van der Waals surface area contributed by atoms with Gasteiger partial charge in [-0.25, -0.2) is 14.8 Å². The highest BCUT2D eigenvalue weighted by atomic mass is 32.1. The maximum atomic E-state index is 13.7. The minimum absolute atomic E-state index is 0.0106. The van der Waals surface area contributed by atoms with Gasteiger partial charge in [-0.05, 0) is 104 Å². The lowest BCUT2D eigenvalue weighted by molar-refractivity contribution is 0.00176. The maximum Gasteiger partial charge on any atom is 0.355 e. The first-order valence-electron chi connectivity index (χ1n) is 18.2. The van der Waals surface area contributed by atoms with E-state index in [1.54, 1.807) is 0 Å². The van der Waals surface area contributed by atoms with Crippen LogP contribution in [0.25, 0.3) is 21.3 Å². The van der Waals surface area contributed by atoms with Crippen LogP contribution in [0.4, 0.5) is 10.9 Å². The van der Waals surface area contributed by atoms with E-state index in [2.05, 4.69) is 60.6 Å². The van der Waals surface area contributed by atoms with E-state index in [4.69, 9.17) is 10.1 Å². The van der Waals surface area contributed by atoms with Crippen LogP contribution in [0.15, 0.2) is 60.8 Å². The monoisotopic (exact) mass is 702 g/mol. The molecule has 5 aromatic rings. The smallest absolute Gasteiger partial charge is 0.355 e. The van der Waals surface area contributed by atoms with Crippen molar-refractivity contribution in [2.45, 2.75) is 85.2 Å². The van der Waals surface area contributed by atoms with Crippen LogP contribution in [0.1, 0.15) is 97.5 Å². The number of rotatable bonds is 7. The third kappa shape index (κ3) is 6.21. The Morgan fingerprint density at radius 1 is 0.961 bits per heavy atom. The number of hydrogen-bond acceptors (Lipinski definition) is 7. The molecular formula is C41H46N6O3S. The third-order valence-electron chi connectivity index (χ3n) is 11.6. The van der Waals surface area contributed by atoms with Crippen molar-refractivity contribution in [2.24, 2.45) is 23.2 Å². The molecule has 2 atom stereocenters. The molecule has 2 fully saturated rings. The zero-order chi connectivity index (χ0) is 35.7. The van der Waals surface area contributed by atoms with Crippen LogP contribution >= 0.6 is 11.3 Å². The van der Waals surface area contributed by atoms with Crippen LogP contribution in [0.2, 0.25) is 0 Å². The number of nitrogens with one attached hydrogen (secondary N) is 1. The number of carbonyl (C=O) groups is 2. The lowest BCUT2D eigenvalue weighted by Gasteiger charge is -2.50. The highest BCUT2D eigenvalue weighted by Crippen LogP contribution is 2.53. The van der Waals surface area contributed by atoms with Gasteiger partial charge in [-0.2, -0.15) is 5.10 Å². The molecule has 0 saturated heterocycles. The van der Waals surface area contributed by atoms with Gasteiger partial charge in [-0.1, -0.05) is 63.3 Å². The minimum Gasteiger partial charge on any atom is -0.476 e. The van der Waals surface area contributed by atoms with Crippen molar-refractivity contribution in [1.82, 2.24) is 19.7 Å². The Bertz CT molecular complexity index is 2110. The summed E-state index contributed by atoms with van der Waals surface area (Å²) >= 11 is 1.45. The number of anilines is 2. The first kappa shape index (κ1) is 33.6. The summed E-state index contributed by atoms with van der Waals surface area (Å²) in [4.78, 5) is 38.1. The third-order valence-corrected chi connectivity index (χ3v) is 12.6. The Morgan fingerprint density at radius 3 is 2.47 bits per heavy atom. The van der Waals surface area contributed by atoms with Crippen molar-refractivity contribution < 1.29 is 14.7 Å². The molecule has 2 unspecified atom stereocenters. The Labute approximate surface area is 303 Å². The van der Waals surface area contributed by atoms with Gasteiger partial charge in [0, 0.05) is 47.4 Å². The molecule has 10 heteroatoms. The number of thiazole rings is 1. The van der Waals surface area contributed by atoms with Gasteiger partial charge >= 0.3 is 5.97 Å². The van der Waals surface area contributed by atoms with Crippen LogP contribution < -0.4 is 10.2 Å². The van der Waals surface area contributed by atoms with E-state index in [-0.39, 0.29) is 22.4 Å². The van der Waals surface area contributed by atoms with Gasteiger partial charge in [-0.3, -0.25) is 14.8 Å². The van der Waals surface area contributed by atoms with E-state index >= 15 is 0 Å². The lowest BCUT2D eigenvalue weighted by Crippen LogP contribution is -2.43. The second-order valence-electron chi connectivity index (χ2n) is 16.3. The summed E-state index contributed by atoms with van der Waals surface area (Å²) in [5.41, 5.74) is 5.72. The van der Waals surface area contributed by atoms with Gasteiger partial charge < -0.3 is 10.0 Å². The number of nitrogens with zero attached hydrogens (tertiary/aromatic N) is 5. The van der Waals surface area contributed by atoms with Gasteiger partial charge in [-0.15, -0.1) is 0 Å². The number of fused-ring (bicyclic) bond motifs is 4. The number of carbonyl (C=O) groups excluding carboxylic acids is 1. The lowest BCUT2D eigenvalue weighted by atomic mass is 9.57. The molecule has 8 rings (SSSR count). The molecule has 3 aromatic heterocycles. The molecule has 1 aliphatic heterocycles. The highest BCUT2D eigenvalue weighted by Gasteiger charge is 2.45. The van der Waals surface area contributed by atoms with Crippen molar-refractivity contribution in [1.29, 1.82) is 0 Å². The minimum atomic E-state index is -1.07. The average molecular weight is 703 g/mol. The van der Waals surface area contributed by atoms with E-state index in [0.717, 1.165) is 56.9 Å². The van der Waals surface area contributed by atoms with Gasteiger partial charge in [0.15, 0.2) is 10.8 Å². The summed E-state index contributed by atoms with van der Waals surface area (Å²) in [6.45, 7) is 13.1. The number of carboxylic acids is 1. The fourth-order valence-electron chi connectivity index (χ4n) is 9.96. The number of benzene rings is 2. The molecule has 51 heavy (non-hydrogen) atoms. The molecular weight excluding hydrogens is 657 g/mol. The fraction of sp³-hybridized carbons (Fsp3) is 0.439. The average Bonchev–Trinajstić information content (AvgIpc) is 3.64. The quantitative estimate of drug-likeness (QED) is 0.174. The summed E-state index contributed by atoms with van der Waals surface area (Å²) < 4.78 is 3.13. The molecule has 4 heterocycles. The predicted molar refractivity (Wildman–Crippen MR) is 203 cm³/mol. The molecule has 1 amide bonds. The summed E-state index contributed by atoms with van der Waals surface area (Å²) in [5, 5.41) is 18.9. The molecule has 2 bridgehead atoms. The molecule has 2 N–H and O–H groups in total. The van der Waals surface area contributed by atoms with Crippen LogP contribution in [0, 0.1) is 30.1 Å². The van der Waals surface area contributed by atoms with Crippen molar-refractivity contribution >= 4 is 44.4 Å². The van der Waals surface area contributed by atoms with Crippen molar-refractivity contribution in [3.05, 3.63) is 88.9 Å². The maximum absolute atomic E-state index is 13.7. The summed E-state index contributed by atoms with van der Waals surface area (Å²) in [6, 6.07) is 17.5.